The minimum Gasteiger partial charge on any atom is -0.388 e. The second-order valence-corrected chi connectivity index (χ2v) is 4.82. The highest BCUT2D eigenvalue weighted by Gasteiger charge is 2.32. The highest BCUT2D eigenvalue weighted by molar-refractivity contribution is 7.98. The van der Waals surface area contributed by atoms with E-state index in [0.717, 1.165) is 0 Å². The number of rotatable bonds is 3. The average Bonchev–Trinajstić information content (AvgIpc) is 2.83. The maximum atomic E-state index is 12.1. The number of aliphatic hydroxyl groups is 1. The topological polar surface area (TPSA) is 75.6 Å². The number of aromatic nitrogens is 2. The van der Waals surface area contributed by atoms with Crippen molar-refractivity contribution in [3.05, 3.63) is 18.0 Å². The second-order valence-electron chi connectivity index (χ2n) is 4.05. The molecule has 2 heterocycles. The molecule has 1 aliphatic rings. The van der Waals surface area contributed by atoms with Gasteiger partial charge in [-0.2, -0.15) is 0 Å². The smallest absolute Gasteiger partial charge is 0.257 e. The molecular weight excluding hydrogens is 254 g/mol. The van der Waals surface area contributed by atoms with Crippen LogP contribution in [-0.2, 0) is 4.74 Å². The minimum absolute atomic E-state index is 0.211. The van der Waals surface area contributed by atoms with Gasteiger partial charge in [0, 0.05) is 19.4 Å². The van der Waals surface area contributed by atoms with Gasteiger partial charge in [0.1, 0.15) is 0 Å². The van der Waals surface area contributed by atoms with Crippen LogP contribution in [0.3, 0.4) is 0 Å². The third kappa shape index (κ3) is 2.63. The van der Waals surface area contributed by atoms with Crippen molar-refractivity contribution in [3.63, 3.8) is 0 Å². The molecule has 1 aromatic rings. The van der Waals surface area contributed by atoms with Gasteiger partial charge in [-0.25, -0.2) is 9.97 Å². The molecule has 1 amide bonds. The van der Waals surface area contributed by atoms with E-state index in [-0.39, 0.29) is 18.6 Å². The van der Waals surface area contributed by atoms with Gasteiger partial charge in [-0.05, 0) is 6.26 Å². The highest BCUT2D eigenvalue weighted by atomic mass is 32.2. The molecule has 0 aromatic carbocycles. The Labute approximate surface area is 109 Å². The maximum Gasteiger partial charge on any atom is 0.257 e. The summed E-state index contributed by atoms with van der Waals surface area (Å²) in [4.78, 5) is 21.7. The first-order valence-corrected chi connectivity index (χ1v) is 6.75. The summed E-state index contributed by atoms with van der Waals surface area (Å²) in [6.45, 7) is 0.622. The summed E-state index contributed by atoms with van der Waals surface area (Å²) in [5.41, 5.74) is 0.411. The first kappa shape index (κ1) is 13.3. The Hall–Kier alpha value is -1.18. The molecule has 1 aliphatic heterocycles. The number of ether oxygens (including phenoxy) is 1. The van der Waals surface area contributed by atoms with Crippen molar-refractivity contribution in [2.24, 2.45) is 0 Å². The van der Waals surface area contributed by atoms with Crippen LogP contribution in [0.2, 0.25) is 0 Å². The van der Waals surface area contributed by atoms with E-state index in [9.17, 15) is 9.90 Å². The number of hydrogen-bond donors (Lipinski definition) is 1. The SMILES string of the molecule is CSc1ncc(C(=O)N(C)[C@H]2COC[C@@H]2O)cn1. The molecule has 0 bridgehead atoms. The van der Waals surface area contributed by atoms with E-state index in [1.807, 2.05) is 6.26 Å². The Kier molecular flexibility index (Phi) is 4.15. The van der Waals surface area contributed by atoms with Crippen molar-refractivity contribution in [2.45, 2.75) is 17.3 Å². The zero-order valence-corrected chi connectivity index (χ0v) is 11.1. The predicted octanol–water partition coefficient (Wildman–Crippen LogP) is 0.0302. The third-order valence-electron chi connectivity index (χ3n) is 2.90. The molecule has 1 aromatic heterocycles. The molecular formula is C11H15N3O3S. The summed E-state index contributed by atoms with van der Waals surface area (Å²) < 4.78 is 5.13. The Balaban J connectivity index is 2.09. The van der Waals surface area contributed by atoms with Crippen molar-refractivity contribution in [1.82, 2.24) is 14.9 Å². The molecule has 0 spiro atoms. The number of thioether (sulfide) groups is 1. The van der Waals surface area contributed by atoms with Crippen LogP contribution in [0, 0.1) is 0 Å². The molecule has 2 rings (SSSR count). The molecule has 0 unspecified atom stereocenters. The Morgan fingerprint density at radius 1 is 1.50 bits per heavy atom. The van der Waals surface area contributed by atoms with E-state index in [4.69, 9.17) is 4.74 Å². The monoisotopic (exact) mass is 269 g/mol. The zero-order valence-electron chi connectivity index (χ0n) is 10.2. The Morgan fingerprint density at radius 2 is 2.17 bits per heavy atom. The Morgan fingerprint density at radius 3 is 2.67 bits per heavy atom. The fourth-order valence-electron chi connectivity index (χ4n) is 1.79. The number of hydrogen-bond acceptors (Lipinski definition) is 6. The van der Waals surface area contributed by atoms with Crippen LogP contribution < -0.4 is 0 Å². The first-order valence-electron chi connectivity index (χ1n) is 5.52. The second kappa shape index (κ2) is 5.64. The number of aliphatic hydroxyl groups excluding tert-OH is 1. The molecule has 6 nitrogen and oxygen atoms in total. The van der Waals surface area contributed by atoms with Gasteiger partial charge in [-0.1, -0.05) is 11.8 Å². The van der Waals surface area contributed by atoms with Crippen molar-refractivity contribution in [3.8, 4) is 0 Å². The van der Waals surface area contributed by atoms with Crippen molar-refractivity contribution in [2.75, 3.05) is 26.5 Å². The largest absolute Gasteiger partial charge is 0.388 e. The molecule has 2 atom stereocenters. The van der Waals surface area contributed by atoms with Crippen molar-refractivity contribution < 1.29 is 14.6 Å². The molecule has 1 N–H and O–H groups in total. The van der Waals surface area contributed by atoms with Gasteiger partial charge < -0.3 is 14.7 Å². The minimum atomic E-state index is -0.634. The molecule has 0 saturated carbocycles. The fourth-order valence-corrected chi connectivity index (χ4v) is 2.10. The maximum absolute atomic E-state index is 12.1. The third-order valence-corrected chi connectivity index (χ3v) is 3.47. The summed E-state index contributed by atoms with van der Waals surface area (Å²) in [7, 11) is 1.65. The van der Waals surface area contributed by atoms with E-state index >= 15 is 0 Å². The van der Waals surface area contributed by atoms with Crippen LogP contribution in [0.5, 0.6) is 0 Å². The molecule has 1 saturated heterocycles. The lowest BCUT2D eigenvalue weighted by Gasteiger charge is -2.25. The van der Waals surface area contributed by atoms with Gasteiger partial charge >= 0.3 is 0 Å². The Bertz CT molecular complexity index is 426. The standard InChI is InChI=1S/C11H15N3O3S/c1-14(8-5-17-6-9(8)15)10(16)7-3-12-11(18-2)13-4-7/h3-4,8-9,15H,5-6H2,1-2H3/t8-,9-/m0/s1. The number of carbonyl (C=O) groups is 1. The lowest BCUT2D eigenvalue weighted by atomic mass is 10.1. The van der Waals surface area contributed by atoms with E-state index in [1.54, 1.807) is 7.05 Å². The number of carbonyl (C=O) groups excluding carboxylic acids is 1. The van der Waals surface area contributed by atoms with E-state index < -0.39 is 6.10 Å². The van der Waals surface area contributed by atoms with Gasteiger partial charge in [0.25, 0.3) is 5.91 Å². The summed E-state index contributed by atoms with van der Waals surface area (Å²) in [6.07, 6.45) is 4.24. The first-order chi connectivity index (χ1) is 8.63. The van der Waals surface area contributed by atoms with Crippen LogP contribution >= 0.6 is 11.8 Å². The van der Waals surface area contributed by atoms with Gasteiger partial charge in [0.2, 0.25) is 0 Å². The molecule has 7 heteroatoms. The number of amides is 1. The quantitative estimate of drug-likeness (QED) is 0.616. The van der Waals surface area contributed by atoms with E-state index in [0.29, 0.717) is 17.3 Å². The summed E-state index contributed by atoms with van der Waals surface area (Å²) in [5, 5.41) is 10.3. The van der Waals surface area contributed by atoms with E-state index in [2.05, 4.69) is 9.97 Å². The summed E-state index contributed by atoms with van der Waals surface area (Å²) in [6, 6.07) is -0.308. The molecule has 18 heavy (non-hydrogen) atoms. The van der Waals surface area contributed by atoms with Crippen LogP contribution in [0.1, 0.15) is 10.4 Å². The highest BCUT2D eigenvalue weighted by Crippen LogP contribution is 2.15. The fraction of sp³-hybridized carbons (Fsp3) is 0.545. The number of likely N-dealkylation sites (N-methyl/N-ethyl adjacent to an activating group) is 1. The van der Waals surface area contributed by atoms with Crippen molar-refractivity contribution in [1.29, 1.82) is 0 Å². The average molecular weight is 269 g/mol. The normalized spacial score (nSPS) is 23.1. The molecule has 0 radical (unpaired) electrons. The van der Waals surface area contributed by atoms with Crippen LogP contribution in [-0.4, -0.2) is 64.5 Å². The van der Waals surface area contributed by atoms with E-state index in [1.165, 1.54) is 29.1 Å². The predicted molar refractivity (Wildman–Crippen MR) is 66.5 cm³/mol. The molecule has 0 aliphatic carbocycles. The lowest BCUT2D eigenvalue weighted by Crippen LogP contribution is -2.44. The van der Waals surface area contributed by atoms with Gasteiger partial charge in [-0.3, -0.25) is 4.79 Å². The lowest BCUT2D eigenvalue weighted by molar-refractivity contribution is 0.0580. The van der Waals surface area contributed by atoms with Crippen molar-refractivity contribution >= 4 is 17.7 Å². The van der Waals surface area contributed by atoms with Gasteiger partial charge in [-0.15, -0.1) is 0 Å². The molecule has 98 valence electrons. The zero-order chi connectivity index (χ0) is 13.1. The van der Waals surface area contributed by atoms with Crippen LogP contribution in [0.15, 0.2) is 17.6 Å². The van der Waals surface area contributed by atoms with Gasteiger partial charge in [0.15, 0.2) is 5.16 Å². The van der Waals surface area contributed by atoms with Crippen LogP contribution in [0.25, 0.3) is 0 Å². The number of nitrogens with zero attached hydrogens (tertiary/aromatic N) is 3. The molecule has 1 fully saturated rings. The summed E-state index contributed by atoms with van der Waals surface area (Å²) in [5.74, 6) is -0.211. The summed E-state index contributed by atoms with van der Waals surface area (Å²) >= 11 is 1.42. The van der Waals surface area contributed by atoms with Crippen LogP contribution in [0.4, 0.5) is 0 Å². The van der Waals surface area contributed by atoms with Gasteiger partial charge in [0.05, 0.1) is 30.9 Å².